The van der Waals surface area contributed by atoms with E-state index in [0.717, 1.165) is 0 Å². The summed E-state index contributed by atoms with van der Waals surface area (Å²) >= 11 is 0. The molecular formula is C15H13FN4O2. The number of nitrogens with zero attached hydrogens (tertiary/aromatic N) is 1. The van der Waals surface area contributed by atoms with Gasteiger partial charge in [-0.3, -0.25) is 9.59 Å². The number of nitrogens with one attached hydrogen (secondary N) is 3. The molecule has 3 rings (SSSR count). The molecule has 0 bridgehead atoms. The Hall–Kier alpha value is -2.96. The maximum Gasteiger partial charge on any atom is 0.268 e. The van der Waals surface area contributed by atoms with Gasteiger partial charge in [0.1, 0.15) is 11.5 Å². The van der Waals surface area contributed by atoms with E-state index in [-0.39, 0.29) is 23.8 Å². The molecule has 7 heteroatoms. The number of carbonyl (C=O) groups excluding carboxylic acids is 1. The number of rotatable bonds is 3. The summed E-state index contributed by atoms with van der Waals surface area (Å²) in [5.74, 6) is -0.689. The summed E-state index contributed by atoms with van der Waals surface area (Å²) in [4.78, 5) is 32.7. The second kappa shape index (κ2) is 5.44. The molecule has 0 atom stereocenters. The van der Waals surface area contributed by atoms with Crippen LogP contribution in [0.4, 0.5) is 4.39 Å². The minimum atomic E-state index is -0.353. The van der Waals surface area contributed by atoms with Crippen LogP contribution in [0.1, 0.15) is 21.7 Å². The van der Waals surface area contributed by atoms with Crippen molar-refractivity contribution in [2.45, 2.75) is 13.5 Å². The van der Waals surface area contributed by atoms with E-state index in [0.29, 0.717) is 27.9 Å². The summed E-state index contributed by atoms with van der Waals surface area (Å²) < 4.78 is 13.3. The number of fused-ring (bicyclic) bond motifs is 1. The topological polar surface area (TPSA) is 90.6 Å². The summed E-state index contributed by atoms with van der Waals surface area (Å²) in [6.07, 6.45) is 1.28. The first-order valence-corrected chi connectivity index (χ1v) is 6.64. The highest BCUT2D eigenvalue weighted by Crippen LogP contribution is 2.22. The van der Waals surface area contributed by atoms with E-state index in [2.05, 4.69) is 20.3 Å². The average Bonchev–Trinajstić information content (AvgIpc) is 2.82. The smallest absolute Gasteiger partial charge is 0.268 e. The zero-order chi connectivity index (χ0) is 15.7. The zero-order valence-corrected chi connectivity index (χ0v) is 11.7. The highest BCUT2D eigenvalue weighted by Gasteiger charge is 2.15. The molecule has 3 aromatic rings. The van der Waals surface area contributed by atoms with E-state index in [1.165, 1.54) is 24.5 Å². The quantitative estimate of drug-likeness (QED) is 0.686. The van der Waals surface area contributed by atoms with Gasteiger partial charge in [0.15, 0.2) is 0 Å². The molecule has 0 fully saturated rings. The van der Waals surface area contributed by atoms with Crippen molar-refractivity contribution >= 4 is 16.8 Å². The van der Waals surface area contributed by atoms with Crippen LogP contribution in [0.2, 0.25) is 0 Å². The standard InChI is InChI=1S/C15H13FN4O2/c1-8-11-4-9(16)2-3-12(11)20-14(8)15(22)17-6-10-5-13(21)19-7-18-10/h2-5,7,20H,6H2,1H3,(H,17,22)(H,18,19,21). The maximum absolute atomic E-state index is 13.3. The fourth-order valence-corrected chi connectivity index (χ4v) is 2.29. The molecule has 112 valence electrons. The lowest BCUT2D eigenvalue weighted by atomic mass is 10.1. The van der Waals surface area contributed by atoms with E-state index in [4.69, 9.17) is 0 Å². The Morgan fingerprint density at radius 3 is 2.95 bits per heavy atom. The van der Waals surface area contributed by atoms with Gasteiger partial charge in [-0.05, 0) is 30.7 Å². The summed E-state index contributed by atoms with van der Waals surface area (Å²) in [7, 11) is 0. The van der Waals surface area contributed by atoms with Gasteiger partial charge in [0.2, 0.25) is 0 Å². The third kappa shape index (κ3) is 2.60. The molecule has 6 nitrogen and oxygen atoms in total. The van der Waals surface area contributed by atoms with Crippen molar-refractivity contribution in [1.29, 1.82) is 0 Å². The minimum absolute atomic E-state index is 0.131. The summed E-state index contributed by atoms with van der Waals surface area (Å²) in [6, 6.07) is 5.62. The second-order valence-corrected chi connectivity index (χ2v) is 4.90. The van der Waals surface area contributed by atoms with Crippen molar-refractivity contribution < 1.29 is 9.18 Å². The van der Waals surface area contributed by atoms with Crippen LogP contribution in [0.3, 0.4) is 0 Å². The van der Waals surface area contributed by atoms with E-state index in [1.807, 2.05) is 0 Å². The molecule has 0 aliphatic heterocycles. The zero-order valence-electron chi connectivity index (χ0n) is 11.7. The van der Waals surface area contributed by atoms with Crippen molar-refractivity contribution in [2.75, 3.05) is 0 Å². The number of hydrogen-bond donors (Lipinski definition) is 3. The van der Waals surface area contributed by atoms with Gasteiger partial charge >= 0.3 is 0 Å². The molecule has 2 aromatic heterocycles. The van der Waals surface area contributed by atoms with Gasteiger partial charge in [-0.2, -0.15) is 0 Å². The van der Waals surface area contributed by atoms with Crippen molar-refractivity contribution in [3.8, 4) is 0 Å². The molecular weight excluding hydrogens is 287 g/mol. The first kappa shape index (κ1) is 14.0. The molecule has 0 spiro atoms. The molecule has 0 unspecified atom stereocenters. The van der Waals surface area contributed by atoms with Gasteiger partial charge < -0.3 is 15.3 Å². The van der Waals surface area contributed by atoms with Gasteiger partial charge in [0, 0.05) is 17.0 Å². The Morgan fingerprint density at radius 2 is 2.18 bits per heavy atom. The third-order valence-electron chi connectivity index (χ3n) is 3.41. The third-order valence-corrected chi connectivity index (χ3v) is 3.41. The molecule has 1 aromatic carbocycles. The fraction of sp³-hybridized carbons (Fsp3) is 0.133. The van der Waals surface area contributed by atoms with Gasteiger partial charge in [-0.25, -0.2) is 9.37 Å². The van der Waals surface area contributed by atoms with Crippen molar-refractivity contribution in [3.05, 3.63) is 63.7 Å². The Kier molecular flexibility index (Phi) is 3.46. The Morgan fingerprint density at radius 1 is 1.36 bits per heavy atom. The summed E-state index contributed by atoms with van der Waals surface area (Å²) in [5, 5.41) is 3.35. The number of halogens is 1. The van der Waals surface area contributed by atoms with Crippen LogP contribution < -0.4 is 10.9 Å². The molecule has 22 heavy (non-hydrogen) atoms. The summed E-state index contributed by atoms with van der Waals surface area (Å²) in [6.45, 7) is 1.88. The maximum atomic E-state index is 13.3. The van der Waals surface area contributed by atoms with Gasteiger partial charge in [0.25, 0.3) is 11.5 Å². The fourth-order valence-electron chi connectivity index (χ4n) is 2.29. The molecule has 0 aliphatic carbocycles. The molecule has 0 radical (unpaired) electrons. The number of hydrogen-bond acceptors (Lipinski definition) is 3. The molecule has 0 saturated carbocycles. The Balaban J connectivity index is 1.83. The SMILES string of the molecule is Cc1c(C(=O)NCc2cc(=O)[nH]cn2)[nH]c2ccc(F)cc12. The van der Waals surface area contributed by atoms with Crippen LogP contribution in [-0.2, 0) is 6.54 Å². The number of H-pyrrole nitrogens is 2. The predicted molar refractivity (Wildman–Crippen MR) is 79.0 cm³/mol. The van der Waals surface area contributed by atoms with E-state index in [1.54, 1.807) is 13.0 Å². The minimum Gasteiger partial charge on any atom is -0.350 e. The predicted octanol–water partition coefficient (Wildman–Crippen LogP) is 1.63. The number of carbonyl (C=O) groups is 1. The second-order valence-electron chi connectivity index (χ2n) is 4.90. The molecule has 1 amide bonds. The largest absolute Gasteiger partial charge is 0.350 e. The van der Waals surface area contributed by atoms with Crippen LogP contribution in [0.15, 0.2) is 35.4 Å². The van der Waals surface area contributed by atoms with E-state index < -0.39 is 0 Å². The van der Waals surface area contributed by atoms with E-state index in [9.17, 15) is 14.0 Å². The summed E-state index contributed by atoms with van der Waals surface area (Å²) in [5.41, 5.74) is 1.91. The van der Waals surface area contributed by atoms with Crippen molar-refractivity contribution in [3.63, 3.8) is 0 Å². The monoisotopic (exact) mass is 300 g/mol. The van der Waals surface area contributed by atoms with Crippen LogP contribution in [0.5, 0.6) is 0 Å². The lowest BCUT2D eigenvalue weighted by Gasteiger charge is -2.03. The van der Waals surface area contributed by atoms with Crippen molar-refractivity contribution in [1.82, 2.24) is 20.3 Å². The van der Waals surface area contributed by atoms with Crippen molar-refractivity contribution in [2.24, 2.45) is 0 Å². The van der Waals surface area contributed by atoms with Gasteiger partial charge in [0.05, 0.1) is 18.6 Å². The molecule has 0 aliphatic rings. The number of aromatic amines is 2. The lowest BCUT2D eigenvalue weighted by molar-refractivity contribution is 0.0945. The number of aryl methyl sites for hydroxylation is 1. The Labute approximate surface area is 124 Å². The average molecular weight is 300 g/mol. The highest BCUT2D eigenvalue weighted by atomic mass is 19.1. The number of aromatic nitrogens is 3. The van der Waals surface area contributed by atoms with Crippen LogP contribution in [0.25, 0.3) is 10.9 Å². The Bertz CT molecular complexity index is 913. The van der Waals surface area contributed by atoms with Crippen LogP contribution >= 0.6 is 0 Å². The highest BCUT2D eigenvalue weighted by molar-refractivity contribution is 6.00. The number of benzene rings is 1. The molecule has 2 heterocycles. The molecule has 3 N–H and O–H groups in total. The van der Waals surface area contributed by atoms with E-state index >= 15 is 0 Å². The number of amides is 1. The van der Waals surface area contributed by atoms with Crippen LogP contribution in [0, 0.1) is 12.7 Å². The van der Waals surface area contributed by atoms with Crippen LogP contribution in [-0.4, -0.2) is 20.9 Å². The first-order chi connectivity index (χ1) is 10.5. The van der Waals surface area contributed by atoms with Gasteiger partial charge in [-0.15, -0.1) is 0 Å². The first-order valence-electron chi connectivity index (χ1n) is 6.64. The van der Waals surface area contributed by atoms with Gasteiger partial charge in [-0.1, -0.05) is 0 Å². The molecule has 0 saturated heterocycles. The lowest BCUT2D eigenvalue weighted by Crippen LogP contribution is -2.25. The normalized spacial score (nSPS) is 10.8.